The number of halogens is 2. The van der Waals surface area contributed by atoms with Gasteiger partial charge in [-0.15, -0.1) is 0 Å². The number of carbonyl (C=O) groups excluding carboxylic acids is 1. The van der Waals surface area contributed by atoms with Gasteiger partial charge in [-0.2, -0.15) is 0 Å². The molecule has 1 amide bonds. The first kappa shape index (κ1) is 14.2. The molecule has 0 aromatic heterocycles. The maximum absolute atomic E-state index is 13.7. The Kier molecular flexibility index (Phi) is 3.78. The smallest absolute Gasteiger partial charge is 0.254 e. The Balaban J connectivity index is 1.87. The van der Waals surface area contributed by atoms with Gasteiger partial charge in [0.2, 0.25) is 0 Å². The zero-order valence-electron chi connectivity index (χ0n) is 11.0. The number of nitrogens with one attached hydrogen (secondary N) is 1. The second-order valence-electron chi connectivity index (χ2n) is 5.05. The third-order valence-corrected chi connectivity index (χ3v) is 4.16. The van der Waals surface area contributed by atoms with Crippen LogP contribution < -0.4 is 5.32 Å². The predicted octanol–water partition coefficient (Wildman–Crippen LogP) is 2.98. The lowest BCUT2D eigenvalue weighted by molar-refractivity contribution is 0.0854. The van der Waals surface area contributed by atoms with Crippen LogP contribution in [0.5, 0.6) is 0 Å². The molecule has 0 aliphatic heterocycles. The lowest BCUT2D eigenvalue weighted by Crippen LogP contribution is -2.34. The number of hydrogen-bond donors (Lipinski definition) is 2. The fraction of sp³-hybridized carbons (Fsp3) is 0.188. The van der Waals surface area contributed by atoms with Crippen molar-refractivity contribution in [2.24, 2.45) is 0 Å². The van der Waals surface area contributed by atoms with Crippen molar-refractivity contribution in [3.05, 3.63) is 69.4 Å². The number of rotatable bonds is 2. The summed E-state index contributed by atoms with van der Waals surface area (Å²) in [5, 5.41) is 12.8. The zero-order valence-corrected chi connectivity index (χ0v) is 12.6. The van der Waals surface area contributed by atoms with E-state index in [0.717, 1.165) is 11.1 Å². The highest BCUT2D eigenvalue weighted by atomic mass is 79.9. The molecule has 108 valence electrons. The second kappa shape index (κ2) is 5.58. The van der Waals surface area contributed by atoms with Gasteiger partial charge in [-0.1, -0.05) is 40.2 Å². The van der Waals surface area contributed by atoms with Crippen molar-refractivity contribution in [1.29, 1.82) is 0 Å². The van der Waals surface area contributed by atoms with E-state index >= 15 is 0 Å². The summed E-state index contributed by atoms with van der Waals surface area (Å²) in [6.07, 6.45) is -0.205. The minimum atomic E-state index is -0.693. The lowest BCUT2D eigenvalue weighted by Gasteiger charge is -2.18. The van der Waals surface area contributed by atoms with Crippen molar-refractivity contribution < 1.29 is 14.3 Å². The maximum atomic E-state index is 13.7. The fourth-order valence-corrected chi connectivity index (χ4v) is 3.00. The summed E-state index contributed by atoms with van der Waals surface area (Å²) in [4.78, 5) is 12.2. The van der Waals surface area contributed by atoms with E-state index in [1.54, 1.807) is 0 Å². The van der Waals surface area contributed by atoms with Gasteiger partial charge in [-0.25, -0.2) is 4.39 Å². The van der Waals surface area contributed by atoms with Crippen molar-refractivity contribution in [3.8, 4) is 0 Å². The molecule has 0 spiro atoms. The highest BCUT2D eigenvalue weighted by molar-refractivity contribution is 9.10. The molecule has 1 aliphatic carbocycles. The van der Waals surface area contributed by atoms with Gasteiger partial charge in [0, 0.05) is 10.9 Å². The molecule has 0 saturated heterocycles. The molecule has 2 aromatic rings. The van der Waals surface area contributed by atoms with Gasteiger partial charge in [-0.3, -0.25) is 4.79 Å². The van der Waals surface area contributed by atoms with Gasteiger partial charge in [0.15, 0.2) is 0 Å². The van der Waals surface area contributed by atoms with Crippen LogP contribution in [0, 0.1) is 5.82 Å². The number of hydrogen-bond acceptors (Lipinski definition) is 2. The molecule has 0 radical (unpaired) electrons. The van der Waals surface area contributed by atoms with Crippen LogP contribution in [0.25, 0.3) is 0 Å². The first-order chi connectivity index (χ1) is 10.1. The normalized spacial score (nSPS) is 20.1. The van der Waals surface area contributed by atoms with E-state index in [1.165, 1.54) is 18.2 Å². The number of carbonyl (C=O) groups is 1. The summed E-state index contributed by atoms with van der Waals surface area (Å²) < 4.78 is 14.4. The van der Waals surface area contributed by atoms with Crippen LogP contribution in [-0.2, 0) is 6.42 Å². The molecule has 0 saturated carbocycles. The lowest BCUT2D eigenvalue weighted by atomic mass is 10.1. The number of benzene rings is 2. The van der Waals surface area contributed by atoms with Gasteiger partial charge in [0.1, 0.15) is 5.82 Å². The van der Waals surface area contributed by atoms with Crippen LogP contribution in [0.1, 0.15) is 27.5 Å². The molecule has 0 heterocycles. The van der Waals surface area contributed by atoms with Crippen LogP contribution in [0.2, 0.25) is 0 Å². The third kappa shape index (κ3) is 2.71. The van der Waals surface area contributed by atoms with Crippen molar-refractivity contribution in [1.82, 2.24) is 5.32 Å². The fourth-order valence-electron chi connectivity index (χ4n) is 2.64. The first-order valence-corrected chi connectivity index (χ1v) is 7.37. The molecular weight excluding hydrogens is 337 g/mol. The average molecular weight is 350 g/mol. The standard InChI is InChI=1S/C16H13BrFNO2/c17-10-5-6-13(18)12(8-10)16(21)19-15-11-4-2-1-3-9(11)7-14(15)20/h1-6,8,14-15,20H,7H2,(H,19,21). The molecule has 0 bridgehead atoms. The summed E-state index contributed by atoms with van der Waals surface area (Å²) in [6, 6.07) is 11.2. The number of aliphatic hydroxyl groups excluding tert-OH is 1. The summed E-state index contributed by atoms with van der Waals surface area (Å²) in [5.41, 5.74) is 1.85. The summed E-state index contributed by atoms with van der Waals surface area (Å²) >= 11 is 3.22. The Labute approximate surface area is 129 Å². The topological polar surface area (TPSA) is 49.3 Å². The van der Waals surface area contributed by atoms with E-state index in [0.29, 0.717) is 10.9 Å². The minimum absolute atomic E-state index is 0.0408. The van der Waals surface area contributed by atoms with Crippen molar-refractivity contribution >= 4 is 21.8 Å². The van der Waals surface area contributed by atoms with Crippen LogP contribution in [0.4, 0.5) is 4.39 Å². The van der Waals surface area contributed by atoms with E-state index in [4.69, 9.17) is 0 Å². The predicted molar refractivity (Wildman–Crippen MR) is 80.5 cm³/mol. The zero-order chi connectivity index (χ0) is 15.0. The minimum Gasteiger partial charge on any atom is -0.390 e. The molecule has 2 unspecified atom stereocenters. The Morgan fingerprint density at radius 1 is 1.29 bits per heavy atom. The number of fused-ring (bicyclic) bond motifs is 1. The van der Waals surface area contributed by atoms with Crippen molar-refractivity contribution in [2.75, 3.05) is 0 Å². The van der Waals surface area contributed by atoms with Crippen LogP contribution in [0.15, 0.2) is 46.9 Å². The molecule has 2 atom stereocenters. The Morgan fingerprint density at radius 3 is 2.86 bits per heavy atom. The molecule has 3 nitrogen and oxygen atoms in total. The number of aliphatic hydroxyl groups is 1. The maximum Gasteiger partial charge on any atom is 0.254 e. The van der Waals surface area contributed by atoms with Crippen LogP contribution >= 0.6 is 15.9 Å². The molecule has 3 rings (SSSR count). The highest BCUT2D eigenvalue weighted by Gasteiger charge is 2.32. The molecule has 21 heavy (non-hydrogen) atoms. The Morgan fingerprint density at radius 2 is 2.05 bits per heavy atom. The molecular formula is C16H13BrFNO2. The summed E-state index contributed by atoms with van der Waals surface area (Å²) in [6.45, 7) is 0. The van der Waals surface area contributed by atoms with Crippen molar-refractivity contribution in [2.45, 2.75) is 18.6 Å². The van der Waals surface area contributed by atoms with Crippen LogP contribution in [-0.4, -0.2) is 17.1 Å². The van der Waals surface area contributed by atoms with Crippen molar-refractivity contribution in [3.63, 3.8) is 0 Å². The van der Waals surface area contributed by atoms with Gasteiger partial charge in [0.05, 0.1) is 17.7 Å². The molecule has 0 fully saturated rings. The molecule has 2 aromatic carbocycles. The van der Waals surface area contributed by atoms with E-state index in [2.05, 4.69) is 21.2 Å². The SMILES string of the molecule is O=C(NC1c2ccccc2CC1O)c1cc(Br)ccc1F. The summed E-state index contributed by atoms with van der Waals surface area (Å²) in [7, 11) is 0. The Bertz CT molecular complexity index is 704. The van der Waals surface area contributed by atoms with Gasteiger partial charge in [0.25, 0.3) is 5.91 Å². The van der Waals surface area contributed by atoms with Gasteiger partial charge < -0.3 is 10.4 Å². The average Bonchev–Trinajstić information content (AvgIpc) is 2.78. The largest absolute Gasteiger partial charge is 0.390 e. The number of amides is 1. The quantitative estimate of drug-likeness (QED) is 0.875. The second-order valence-corrected chi connectivity index (χ2v) is 5.96. The van der Waals surface area contributed by atoms with E-state index < -0.39 is 23.9 Å². The molecule has 2 N–H and O–H groups in total. The Hall–Kier alpha value is -1.72. The van der Waals surface area contributed by atoms with E-state index in [1.807, 2.05) is 24.3 Å². The molecule has 1 aliphatic rings. The van der Waals surface area contributed by atoms with Gasteiger partial charge >= 0.3 is 0 Å². The third-order valence-electron chi connectivity index (χ3n) is 3.66. The van der Waals surface area contributed by atoms with E-state index in [-0.39, 0.29) is 5.56 Å². The van der Waals surface area contributed by atoms with Crippen LogP contribution in [0.3, 0.4) is 0 Å². The molecule has 5 heteroatoms. The first-order valence-electron chi connectivity index (χ1n) is 6.58. The monoisotopic (exact) mass is 349 g/mol. The highest BCUT2D eigenvalue weighted by Crippen LogP contribution is 2.31. The van der Waals surface area contributed by atoms with Gasteiger partial charge in [-0.05, 0) is 29.3 Å². The summed E-state index contributed by atoms with van der Waals surface area (Å²) in [5.74, 6) is -1.12. The van der Waals surface area contributed by atoms with E-state index in [9.17, 15) is 14.3 Å².